The molecule has 0 radical (unpaired) electrons. The van der Waals surface area contributed by atoms with E-state index >= 15 is 0 Å². The predicted molar refractivity (Wildman–Crippen MR) is 506 cm³/mol. The van der Waals surface area contributed by atoms with Crippen LogP contribution < -0.4 is 26.2 Å². The first-order valence-electron chi connectivity index (χ1n) is 41.9. The molecule has 2 aliphatic rings. The average Bonchev–Trinajstić information content (AvgIpc) is 1.17. The van der Waals surface area contributed by atoms with Crippen LogP contribution in [-0.2, 0) is 27.1 Å². The van der Waals surface area contributed by atoms with Gasteiger partial charge in [0, 0.05) is 77.9 Å². The molecule has 119 heavy (non-hydrogen) atoms. The first kappa shape index (κ1) is 75.6. The molecule has 0 spiro atoms. The highest BCUT2D eigenvalue weighted by molar-refractivity contribution is 7.00. The van der Waals surface area contributed by atoms with Crippen LogP contribution in [0.5, 0.6) is 0 Å². The summed E-state index contributed by atoms with van der Waals surface area (Å²) in [6.45, 7) is 43.1. The number of para-hydroxylation sites is 4. The molecule has 19 rings (SSSR count). The number of rotatable bonds is 10. The Labute approximate surface area is 701 Å². The molecule has 0 aliphatic carbocycles. The highest BCUT2D eigenvalue weighted by atomic mass is 15.2. The lowest BCUT2D eigenvalue weighted by Crippen LogP contribution is -2.61. The highest BCUT2D eigenvalue weighted by Crippen LogP contribution is 2.57. The monoisotopic (exact) mass is 1540 g/mol. The van der Waals surface area contributed by atoms with E-state index < -0.39 is 5.41 Å². The second-order valence-corrected chi connectivity index (χ2v) is 38.0. The molecule has 0 bridgehead atoms. The molecule has 0 atom stereocenters. The van der Waals surface area contributed by atoms with Crippen LogP contribution in [0.4, 0.5) is 39.8 Å². The number of fused-ring (bicyclic) bond motifs is 10. The first-order chi connectivity index (χ1) is 57.1. The van der Waals surface area contributed by atoms with Crippen molar-refractivity contribution in [2.45, 2.75) is 131 Å². The van der Waals surface area contributed by atoms with E-state index in [-0.39, 0.29) is 28.4 Å². The molecule has 2 aromatic heterocycles. The summed E-state index contributed by atoms with van der Waals surface area (Å²) in [5.74, 6) is 0. The molecular weight excluding hydrogens is 1440 g/mol. The van der Waals surface area contributed by atoms with E-state index in [4.69, 9.17) is 6.57 Å². The zero-order chi connectivity index (χ0) is 82.5. The fraction of sp³-hybridized carbons (Fsp3) is 0.179. The van der Waals surface area contributed by atoms with Crippen LogP contribution in [0.15, 0.2) is 315 Å². The zero-order valence-corrected chi connectivity index (χ0v) is 70.8. The largest absolute Gasteiger partial charge is 0.310 e. The molecule has 0 saturated heterocycles. The van der Waals surface area contributed by atoms with Gasteiger partial charge in [-0.05, 0) is 219 Å². The van der Waals surface area contributed by atoms with Gasteiger partial charge in [-0.25, -0.2) is 4.85 Å². The van der Waals surface area contributed by atoms with Crippen LogP contribution in [-0.4, -0.2) is 15.8 Å². The second kappa shape index (κ2) is 28.2. The summed E-state index contributed by atoms with van der Waals surface area (Å²) in [4.78, 5) is 9.50. The summed E-state index contributed by atoms with van der Waals surface area (Å²) in [5.41, 5.74) is 35.0. The highest BCUT2D eigenvalue weighted by Gasteiger charge is 2.47. The Morgan fingerprint density at radius 1 is 0.286 bits per heavy atom. The SMILES string of the molecule is [C-]#[N+]c1cccc(-c2cc(-c3cccc(C(C)(C)C)c3)c(N3c4cc(-n5c6ccccc6c6ccccc65)ccc4B4c5ccc(-n6c7ccccc7c7ccccc76)cc5N(c5c(-c6cccc(C(C)(C)C)c6)cc(-c6cccc(C#N)c6)cc5-c5cccc(C(C)(C)C)c5)c5cc(C(C)(C)C)cc3c54)c(-c3cccc(C(C)(C)C)c3)c2)c1. The van der Waals surface area contributed by atoms with Crippen LogP contribution in [0.2, 0.25) is 0 Å². The van der Waals surface area contributed by atoms with Crippen LogP contribution in [0.1, 0.15) is 137 Å². The van der Waals surface area contributed by atoms with Gasteiger partial charge in [-0.1, -0.05) is 316 Å². The van der Waals surface area contributed by atoms with Gasteiger partial charge in [0.25, 0.3) is 6.71 Å². The van der Waals surface area contributed by atoms with Crippen molar-refractivity contribution in [3.63, 3.8) is 0 Å². The number of benzene rings is 15. The third-order valence-electron chi connectivity index (χ3n) is 25.0. The maximum Gasteiger partial charge on any atom is 0.252 e. The second-order valence-electron chi connectivity index (χ2n) is 38.0. The van der Waals surface area contributed by atoms with Gasteiger partial charge in [-0.15, -0.1) is 0 Å². The van der Waals surface area contributed by atoms with E-state index in [2.05, 4.69) is 425 Å². The average molecular weight is 1540 g/mol. The molecule has 0 saturated carbocycles. The first-order valence-corrected chi connectivity index (χ1v) is 41.9. The van der Waals surface area contributed by atoms with E-state index in [9.17, 15) is 5.26 Å². The van der Waals surface area contributed by atoms with Crippen molar-refractivity contribution >= 4 is 107 Å². The number of nitriles is 1. The van der Waals surface area contributed by atoms with E-state index in [0.717, 1.165) is 140 Å². The molecule has 0 amide bonds. The Hall–Kier alpha value is -13.5. The fourth-order valence-corrected chi connectivity index (χ4v) is 18.7. The molecule has 6 nitrogen and oxygen atoms in total. The number of anilines is 6. The molecule has 0 unspecified atom stereocenters. The predicted octanol–water partition coefficient (Wildman–Crippen LogP) is 28.9. The quantitative estimate of drug-likeness (QED) is 0.101. The number of hydrogen-bond donors (Lipinski definition) is 0. The van der Waals surface area contributed by atoms with Gasteiger partial charge in [0.2, 0.25) is 0 Å². The summed E-state index contributed by atoms with van der Waals surface area (Å²) < 4.78 is 4.98. The Morgan fingerprint density at radius 2 is 0.605 bits per heavy atom. The summed E-state index contributed by atoms with van der Waals surface area (Å²) in [5, 5.41) is 15.5. The standard InChI is InChI=1S/C112H97BN6/c1-108(2,3)79-38-26-34-73(56-79)91-61-77(71-32-25-31-70(55-71)69-114)62-92(74-35-27-39-80(57-74)109(4,5)6)106(91)118-101-67-85(116-97-47-21-17-43-87(97)88-44-18-22-48-98(88)116)51-53-95(101)113-96-54-52-86(117-99-49-23-19-45-89(99)90-46-20-24-50-100(90)117)68-102(96)119(104-66-83(112(13,14)15)65-103(118)105(104)113)107-93(75-36-28-40-81(58-75)110(7,8)9)63-78(72-33-30-42-84(60-72)115-16)64-94(107)76-37-29-41-82(59-76)111(10,11)12/h17-68H,1-15H3. The summed E-state index contributed by atoms with van der Waals surface area (Å²) >= 11 is 0. The molecule has 4 heterocycles. The minimum Gasteiger partial charge on any atom is -0.310 e. The Kier molecular flexibility index (Phi) is 17.9. The molecular formula is C112H97BN6. The van der Waals surface area contributed by atoms with Gasteiger partial charge < -0.3 is 18.9 Å². The van der Waals surface area contributed by atoms with Gasteiger partial charge in [0.05, 0.1) is 51.6 Å². The van der Waals surface area contributed by atoms with E-state index in [1.807, 2.05) is 24.3 Å². The maximum absolute atomic E-state index is 10.8. The third kappa shape index (κ3) is 13.0. The van der Waals surface area contributed by atoms with Crippen LogP contribution >= 0.6 is 0 Å². The molecule has 2 aliphatic heterocycles. The van der Waals surface area contributed by atoms with Crippen molar-refractivity contribution in [1.82, 2.24) is 9.13 Å². The van der Waals surface area contributed by atoms with Gasteiger partial charge in [-0.3, -0.25) is 0 Å². The number of nitrogens with zero attached hydrogens (tertiary/aromatic N) is 6. The van der Waals surface area contributed by atoms with Gasteiger partial charge in [0.1, 0.15) is 0 Å². The van der Waals surface area contributed by atoms with E-state index in [1.54, 1.807) is 0 Å². The minimum atomic E-state index is -0.441. The topological polar surface area (TPSA) is 44.5 Å². The molecule has 0 fully saturated rings. The van der Waals surface area contributed by atoms with Gasteiger partial charge in [0.15, 0.2) is 5.69 Å². The van der Waals surface area contributed by atoms with Crippen molar-refractivity contribution in [3.8, 4) is 84.2 Å². The van der Waals surface area contributed by atoms with Crippen molar-refractivity contribution in [1.29, 1.82) is 5.26 Å². The summed E-state index contributed by atoms with van der Waals surface area (Å²) in [6.07, 6.45) is 0. The minimum absolute atomic E-state index is 0.207. The van der Waals surface area contributed by atoms with Gasteiger partial charge >= 0.3 is 0 Å². The Morgan fingerprint density at radius 3 is 0.941 bits per heavy atom. The lowest BCUT2D eigenvalue weighted by atomic mass is 9.33. The third-order valence-corrected chi connectivity index (χ3v) is 25.0. The van der Waals surface area contributed by atoms with Crippen molar-refractivity contribution in [2.75, 3.05) is 9.80 Å². The van der Waals surface area contributed by atoms with Crippen LogP contribution in [0, 0.1) is 17.9 Å². The maximum atomic E-state index is 10.8. The number of aromatic nitrogens is 2. The van der Waals surface area contributed by atoms with Crippen molar-refractivity contribution < 1.29 is 0 Å². The fourth-order valence-electron chi connectivity index (χ4n) is 18.7. The Bertz CT molecular complexity index is 6450. The molecule has 15 aromatic carbocycles. The number of hydrogen-bond acceptors (Lipinski definition) is 3. The normalized spacial score (nSPS) is 12.9. The summed E-state index contributed by atoms with van der Waals surface area (Å²) in [6, 6.07) is 121. The van der Waals surface area contributed by atoms with E-state index in [0.29, 0.717) is 11.3 Å². The van der Waals surface area contributed by atoms with Gasteiger partial charge in [-0.2, -0.15) is 5.26 Å². The van der Waals surface area contributed by atoms with Crippen molar-refractivity contribution in [3.05, 3.63) is 360 Å². The smallest absolute Gasteiger partial charge is 0.252 e. The molecule has 17 aromatic rings. The lowest BCUT2D eigenvalue weighted by Gasteiger charge is -2.46. The Balaban J connectivity index is 1.03. The van der Waals surface area contributed by atoms with E-state index in [1.165, 1.54) is 60.3 Å². The van der Waals surface area contributed by atoms with Crippen LogP contribution in [0.3, 0.4) is 0 Å². The lowest BCUT2D eigenvalue weighted by molar-refractivity contribution is 0.590. The molecule has 578 valence electrons. The summed E-state index contributed by atoms with van der Waals surface area (Å²) in [7, 11) is 0. The zero-order valence-electron chi connectivity index (χ0n) is 70.8. The van der Waals surface area contributed by atoms with Crippen LogP contribution in [0.25, 0.3) is 127 Å². The molecule has 0 N–H and O–H groups in total. The molecule has 7 heteroatoms. The van der Waals surface area contributed by atoms with Crippen molar-refractivity contribution in [2.24, 2.45) is 0 Å².